The first-order valence-electron chi connectivity index (χ1n) is 28.6. The Morgan fingerprint density at radius 1 is 0.566 bits per heavy atom. The molecule has 24 heteroatoms. The van der Waals surface area contributed by atoms with Gasteiger partial charge in [-0.1, -0.05) is 94.8 Å². The van der Waals surface area contributed by atoms with Gasteiger partial charge in [-0.2, -0.15) is 0 Å². The van der Waals surface area contributed by atoms with Crippen LogP contribution in [-0.4, -0.2) is 139 Å². The van der Waals surface area contributed by atoms with E-state index in [1.54, 1.807) is 6.92 Å². The molecule has 83 heavy (non-hydrogen) atoms. The molecule has 3 saturated heterocycles. The molecule has 440 valence electrons. The predicted octanol–water partition coefficient (Wildman–Crippen LogP) is 3.95. The summed E-state index contributed by atoms with van der Waals surface area (Å²) >= 11 is 0. The van der Waals surface area contributed by atoms with Gasteiger partial charge < -0.3 is 59.9 Å². The van der Waals surface area contributed by atoms with Crippen molar-refractivity contribution in [3.05, 3.63) is 125 Å². The first-order valence-corrected chi connectivity index (χ1v) is 28.6. The average Bonchev–Trinajstić information content (AvgIpc) is 4.56. The predicted molar refractivity (Wildman–Crippen MR) is 296 cm³/mol. The van der Waals surface area contributed by atoms with Crippen LogP contribution in [0.5, 0.6) is 0 Å². The number of nitrogens with zero attached hydrogens (tertiary/aromatic N) is 6. The smallest absolute Gasteiger partial charge is 0.274 e. The van der Waals surface area contributed by atoms with Crippen LogP contribution in [-0.2, 0) is 41.6 Å². The molecule has 3 fully saturated rings. The molecular weight excluding hydrogens is 1070 g/mol. The molecule has 3 aromatic heterocycles. The van der Waals surface area contributed by atoms with Crippen LogP contribution in [0.4, 0.5) is 0 Å². The van der Waals surface area contributed by atoms with Crippen LogP contribution in [0.1, 0.15) is 164 Å². The summed E-state index contributed by atoms with van der Waals surface area (Å²) in [5.74, 6) is -5.67. The number of benzene rings is 2. The molecule has 0 radical (unpaired) electrons. The molecular formula is C59H72N12O12. The minimum atomic E-state index is -1.18. The normalized spacial score (nSPS) is 25.2. The second-order valence-electron chi connectivity index (χ2n) is 22.2. The van der Waals surface area contributed by atoms with Gasteiger partial charge in [0, 0.05) is 32.5 Å². The molecule has 9 amide bonds. The number of rotatable bonds is 7. The van der Waals surface area contributed by atoms with Gasteiger partial charge in [0.1, 0.15) is 66.6 Å². The molecule has 4 aliphatic heterocycles. The lowest BCUT2D eigenvalue weighted by atomic mass is 9.98. The van der Waals surface area contributed by atoms with Crippen molar-refractivity contribution in [3.8, 4) is 0 Å². The fourth-order valence-corrected chi connectivity index (χ4v) is 11.2. The highest BCUT2D eigenvalue weighted by atomic mass is 16.4. The number of oxazole rings is 3. The van der Waals surface area contributed by atoms with Gasteiger partial charge in [-0.3, -0.25) is 43.2 Å². The molecule has 0 saturated carbocycles. The van der Waals surface area contributed by atoms with E-state index in [0.717, 1.165) is 23.7 Å². The molecule has 24 nitrogen and oxygen atoms in total. The largest absolute Gasteiger partial charge is 0.446 e. The Morgan fingerprint density at radius 3 is 1.71 bits per heavy atom. The zero-order valence-electron chi connectivity index (χ0n) is 47.5. The standard InChI is InChI=1S/C59H72N12O12/c1-7-33(4)47-55-65-40(31-82-55)49(73)61-34(5)57(78)71-26-16-23-44(71)59(80)70-25-14-21-42(70)51(75)60-29-45(72)66-46(32(2)3)56-68-48(35(6)83-56)53(77)62-38(27-36-17-10-8-11-18-36)54-64-41(30-81-54)50(74)63-39(28-37-19-12-9-13-20-37)58(79)69-24-15-22-43(69)52(76)67-47/h8-13,17-20,30-34,38-39,42-44,46-47H,7,14-16,21-29H2,1-6H3,(H,60,75)(H,61,73)(H,62,77)(H,63,74)(H,66,72)(H,67,76)/t33-,34-,38-,39-,42-,43-,44-,46-,47-/m0/s1. The lowest BCUT2D eigenvalue weighted by molar-refractivity contribution is -0.147. The van der Waals surface area contributed by atoms with Crippen LogP contribution in [0.25, 0.3) is 0 Å². The zero-order valence-corrected chi connectivity index (χ0v) is 47.5. The van der Waals surface area contributed by atoms with E-state index in [2.05, 4.69) is 46.9 Å². The Labute approximate surface area is 480 Å². The van der Waals surface area contributed by atoms with Crippen LogP contribution in [0.2, 0.25) is 0 Å². The van der Waals surface area contributed by atoms with E-state index in [0.29, 0.717) is 44.9 Å². The van der Waals surface area contributed by atoms with E-state index in [1.165, 1.54) is 21.6 Å². The average molecular weight is 1140 g/mol. The molecule has 7 heterocycles. The van der Waals surface area contributed by atoms with Gasteiger partial charge in [-0.25, -0.2) is 15.0 Å². The summed E-state index contributed by atoms with van der Waals surface area (Å²) in [6.45, 7) is 10.7. The van der Waals surface area contributed by atoms with Crippen LogP contribution in [0.15, 0.2) is 86.4 Å². The van der Waals surface area contributed by atoms with Gasteiger partial charge in [0.25, 0.3) is 17.7 Å². The lowest BCUT2D eigenvalue weighted by Gasteiger charge is -2.32. The first-order chi connectivity index (χ1) is 39.9. The Morgan fingerprint density at radius 2 is 1.10 bits per heavy atom. The number of carbonyl (C=O) groups is 9. The van der Waals surface area contributed by atoms with Gasteiger partial charge in [0.2, 0.25) is 53.1 Å². The monoisotopic (exact) mass is 1140 g/mol. The van der Waals surface area contributed by atoms with Crippen LogP contribution in [0.3, 0.4) is 0 Å². The van der Waals surface area contributed by atoms with Crippen molar-refractivity contribution in [2.75, 3.05) is 26.2 Å². The third kappa shape index (κ3) is 13.5. The topological polar surface area (TPSA) is 314 Å². The van der Waals surface area contributed by atoms with Crippen molar-refractivity contribution in [3.63, 3.8) is 0 Å². The third-order valence-electron chi connectivity index (χ3n) is 16.0. The molecule has 6 N–H and O–H groups in total. The highest BCUT2D eigenvalue weighted by Crippen LogP contribution is 2.30. The number of fused-ring (bicyclic) bond motifs is 9. The second kappa shape index (κ2) is 26.0. The van der Waals surface area contributed by atoms with E-state index in [-0.39, 0.29) is 84.8 Å². The SMILES string of the molecule is CC[C@H](C)[C@@H]1NC(=O)[C@@H]2CCCN2C(=O)[C@H](Cc2ccccc2)NC(=O)c2coc(n2)[C@H](Cc2ccccc2)NC(=O)c2nc(oc2C)[C@H](C(C)C)NC(=O)CNC(=O)[C@@H]2CCCN2C(=O)[C@@H]2CCCN2C(=O)[C@H](C)NC(=O)c2coc1n2. The van der Waals surface area contributed by atoms with Crippen molar-refractivity contribution < 1.29 is 56.4 Å². The van der Waals surface area contributed by atoms with Crippen LogP contribution < -0.4 is 31.9 Å². The summed E-state index contributed by atoms with van der Waals surface area (Å²) in [4.78, 5) is 145. The summed E-state index contributed by atoms with van der Waals surface area (Å²) in [5.41, 5.74) is 1.08. The molecule has 4 aliphatic rings. The van der Waals surface area contributed by atoms with Crippen LogP contribution in [0, 0.1) is 18.8 Å². The van der Waals surface area contributed by atoms with Gasteiger partial charge in [-0.05, 0) is 75.3 Å². The number of carbonyl (C=O) groups excluding carboxylic acids is 9. The van der Waals surface area contributed by atoms with E-state index in [4.69, 9.17) is 13.3 Å². The first kappa shape index (κ1) is 58.9. The maximum absolute atomic E-state index is 14.8. The number of nitrogens with one attached hydrogen (secondary N) is 6. The number of hydrogen-bond donors (Lipinski definition) is 6. The van der Waals surface area contributed by atoms with Crippen molar-refractivity contribution in [2.45, 2.75) is 148 Å². The number of amides is 9. The minimum absolute atomic E-state index is 0.0277. The molecule has 0 unspecified atom stereocenters. The van der Waals surface area contributed by atoms with Gasteiger partial charge >= 0.3 is 0 Å². The van der Waals surface area contributed by atoms with E-state index in [9.17, 15) is 43.2 Å². The highest BCUT2D eigenvalue weighted by Gasteiger charge is 2.44. The fraction of sp³-hybridized carbons (Fsp3) is 0.492. The number of aromatic nitrogens is 3. The maximum atomic E-state index is 14.8. The zero-order chi connectivity index (χ0) is 59.1. The van der Waals surface area contributed by atoms with Crippen LogP contribution >= 0.6 is 0 Å². The Bertz CT molecular complexity index is 3190. The van der Waals surface area contributed by atoms with Gasteiger partial charge in [0.15, 0.2) is 17.1 Å². The molecule has 9 rings (SSSR count). The van der Waals surface area contributed by atoms with E-state index >= 15 is 0 Å². The minimum Gasteiger partial charge on any atom is -0.446 e. The summed E-state index contributed by atoms with van der Waals surface area (Å²) in [7, 11) is 0. The Balaban J connectivity index is 1.02. The highest BCUT2D eigenvalue weighted by molar-refractivity contribution is 5.99. The molecule has 0 aliphatic carbocycles. The Kier molecular flexibility index (Phi) is 18.5. The maximum Gasteiger partial charge on any atom is 0.274 e. The summed E-state index contributed by atoms with van der Waals surface area (Å²) in [5, 5.41) is 17.0. The molecule has 0 spiro atoms. The van der Waals surface area contributed by atoms with Crippen molar-refractivity contribution in [1.29, 1.82) is 0 Å². The third-order valence-corrected chi connectivity index (χ3v) is 16.0. The molecule has 2 aromatic carbocycles. The lowest BCUT2D eigenvalue weighted by Crippen LogP contribution is -2.56. The number of aryl methyl sites for hydroxylation is 1. The fourth-order valence-electron chi connectivity index (χ4n) is 11.2. The Hall–Kier alpha value is -8.70. The quantitative estimate of drug-likeness (QED) is 0.134. The molecule has 5 aromatic rings. The number of hydrogen-bond acceptors (Lipinski definition) is 15. The summed E-state index contributed by atoms with van der Waals surface area (Å²) < 4.78 is 17.8. The molecule has 9 atom stereocenters. The van der Waals surface area contributed by atoms with Gasteiger partial charge in [0.05, 0.1) is 6.54 Å². The van der Waals surface area contributed by atoms with E-state index in [1.807, 2.05) is 88.4 Å². The van der Waals surface area contributed by atoms with Crippen molar-refractivity contribution in [2.24, 2.45) is 11.8 Å². The van der Waals surface area contributed by atoms with E-state index < -0.39 is 108 Å². The van der Waals surface area contributed by atoms with Crippen molar-refractivity contribution >= 4 is 53.2 Å². The van der Waals surface area contributed by atoms with Crippen molar-refractivity contribution in [1.82, 2.24) is 61.6 Å². The summed E-state index contributed by atoms with van der Waals surface area (Å²) in [6, 6.07) is 10.6. The summed E-state index contributed by atoms with van der Waals surface area (Å²) in [6.07, 6.45) is 5.52. The molecule has 6 bridgehead atoms. The van der Waals surface area contributed by atoms with Gasteiger partial charge in [-0.15, -0.1) is 0 Å². The second-order valence-corrected chi connectivity index (χ2v) is 22.2.